The van der Waals surface area contributed by atoms with Crippen LogP contribution in [0.2, 0.25) is 0 Å². The Morgan fingerprint density at radius 2 is 1.76 bits per heavy atom. The summed E-state index contributed by atoms with van der Waals surface area (Å²) in [5.74, 6) is 1.21. The van der Waals surface area contributed by atoms with Crippen molar-refractivity contribution in [3.63, 3.8) is 0 Å². The number of carbonyl (C=O) groups excluding carboxylic acids is 1. The summed E-state index contributed by atoms with van der Waals surface area (Å²) in [7, 11) is 2.18. The highest BCUT2D eigenvalue weighted by molar-refractivity contribution is 7.13. The number of likely N-dealkylation sites (N-methyl/N-ethyl adjacent to an activating group) is 1. The minimum absolute atomic E-state index is 0.0739. The predicted octanol–water partition coefficient (Wildman–Crippen LogP) is 4.77. The molecule has 0 aliphatic carbocycles. The van der Waals surface area contributed by atoms with Crippen molar-refractivity contribution < 1.29 is 9.53 Å². The molecule has 1 aliphatic rings. The number of aromatic nitrogens is 1. The van der Waals surface area contributed by atoms with E-state index in [0.29, 0.717) is 12.5 Å². The smallest absolute Gasteiger partial charge is 0.230 e. The van der Waals surface area contributed by atoms with Crippen LogP contribution in [0.3, 0.4) is 0 Å². The van der Waals surface area contributed by atoms with Crippen molar-refractivity contribution in [1.29, 1.82) is 0 Å². The largest absolute Gasteiger partial charge is 0.493 e. The fourth-order valence-corrected chi connectivity index (χ4v) is 4.63. The van der Waals surface area contributed by atoms with Gasteiger partial charge in [0.1, 0.15) is 10.8 Å². The summed E-state index contributed by atoms with van der Waals surface area (Å²) < 4.78 is 5.69. The van der Waals surface area contributed by atoms with Crippen LogP contribution in [-0.2, 0) is 17.8 Å². The number of thiazole rings is 1. The van der Waals surface area contributed by atoms with Crippen molar-refractivity contribution >= 4 is 22.9 Å². The Balaban J connectivity index is 1.27. The summed E-state index contributed by atoms with van der Waals surface area (Å²) in [6.07, 6.45) is 0.254. The molecule has 1 N–H and O–H groups in total. The molecule has 2 heterocycles. The molecular formula is C27H34N4O2S. The van der Waals surface area contributed by atoms with Crippen LogP contribution < -0.4 is 10.1 Å². The van der Waals surface area contributed by atoms with Gasteiger partial charge in [-0.15, -0.1) is 11.3 Å². The first kappa shape index (κ1) is 24.4. The van der Waals surface area contributed by atoms with Gasteiger partial charge in [-0.1, -0.05) is 38.1 Å². The minimum atomic E-state index is -0.0739. The van der Waals surface area contributed by atoms with Gasteiger partial charge in [0.15, 0.2) is 0 Å². The first-order chi connectivity index (χ1) is 16.4. The van der Waals surface area contributed by atoms with Gasteiger partial charge in [0.25, 0.3) is 0 Å². The van der Waals surface area contributed by atoms with Crippen LogP contribution in [0.5, 0.6) is 5.75 Å². The Bertz CT molecular complexity index is 1050. The Labute approximate surface area is 206 Å². The monoisotopic (exact) mass is 478 g/mol. The van der Waals surface area contributed by atoms with Crippen LogP contribution in [0.15, 0.2) is 53.9 Å². The molecule has 1 aliphatic heterocycles. The molecule has 1 aromatic heterocycles. The zero-order valence-corrected chi connectivity index (χ0v) is 21.1. The molecule has 4 rings (SSSR count). The number of amides is 1. The molecule has 0 atom stereocenters. The molecule has 180 valence electrons. The summed E-state index contributed by atoms with van der Waals surface area (Å²) in [5, 5.41) is 5.86. The van der Waals surface area contributed by atoms with Gasteiger partial charge < -0.3 is 15.0 Å². The van der Waals surface area contributed by atoms with Crippen molar-refractivity contribution in [1.82, 2.24) is 14.8 Å². The van der Waals surface area contributed by atoms with Gasteiger partial charge in [0, 0.05) is 49.4 Å². The fourth-order valence-electron chi connectivity index (χ4n) is 3.80. The van der Waals surface area contributed by atoms with Crippen LogP contribution in [0.4, 0.5) is 5.69 Å². The predicted molar refractivity (Wildman–Crippen MR) is 139 cm³/mol. The number of rotatable bonds is 9. The maximum absolute atomic E-state index is 12.5. The number of ether oxygens (including phenoxy) is 1. The van der Waals surface area contributed by atoms with Crippen molar-refractivity contribution in [2.24, 2.45) is 5.92 Å². The molecule has 7 heteroatoms. The number of anilines is 1. The SMILES string of the molecule is CC(C)COc1ccc(NC(=O)Cc2csc(-c3ccc(CN4CCN(C)CC4)cc3)n2)cc1. The molecule has 1 amide bonds. The maximum Gasteiger partial charge on any atom is 0.230 e. The average Bonchev–Trinajstić information content (AvgIpc) is 3.29. The molecule has 1 saturated heterocycles. The highest BCUT2D eigenvalue weighted by Gasteiger charge is 2.14. The fraction of sp³-hybridized carbons (Fsp3) is 0.407. The third-order valence-electron chi connectivity index (χ3n) is 5.82. The zero-order valence-electron chi connectivity index (χ0n) is 20.3. The second-order valence-corrected chi connectivity index (χ2v) is 10.2. The van der Waals surface area contributed by atoms with Crippen LogP contribution in [0.25, 0.3) is 10.6 Å². The lowest BCUT2D eigenvalue weighted by Crippen LogP contribution is -2.43. The maximum atomic E-state index is 12.5. The highest BCUT2D eigenvalue weighted by Crippen LogP contribution is 2.25. The molecule has 0 spiro atoms. The quantitative estimate of drug-likeness (QED) is 0.480. The Morgan fingerprint density at radius 1 is 1.06 bits per heavy atom. The van der Waals surface area contributed by atoms with Gasteiger partial charge in [-0.2, -0.15) is 0 Å². The first-order valence-corrected chi connectivity index (χ1v) is 12.8. The van der Waals surface area contributed by atoms with E-state index >= 15 is 0 Å². The lowest BCUT2D eigenvalue weighted by atomic mass is 10.1. The summed E-state index contributed by atoms with van der Waals surface area (Å²) >= 11 is 1.58. The number of hydrogen-bond acceptors (Lipinski definition) is 6. The molecule has 6 nitrogen and oxygen atoms in total. The number of benzene rings is 2. The lowest BCUT2D eigenvalue weighted by Gasteiger charge is -2.32. The van der Waals surface area contributed by atoms with Gasteiger partial charge in [0.05, 0.1) is 18.7 Å². The van der Waals surface area contributed by atoms with Crippen molar-refractivity contribution in [3.8, 4) is 16.3 Å². The van der Waals surface area contributed by atoms with E-state index in [9.17, 15) is 4.79 Å². The van der Waals surface area contributed by atoms with E-state index in [1.807, 2.05) is 29.6 Å². The average molecular weight is 479 g/mol. The van der Waals surface area contributed by atoms with Gasteiger partial charge in [-0.3, -0.25) is 9.69 Å². The summed E-state index contributed by atoms with van der Waals surface area (Å²) in [6, 6.07) is 16.1. The second-order valence-electron chi connectivity index (χ2n) is 9.37. The van der Waals surface area contributed by atoms with E-state index in [1.165, 1.54) is 5.56 Å². The van der Waals surface area contributed by atoms with E-state index in [-0.39, 0.29) is 12.3 Å². The molecule has 0 bridgehead atoms. The molecule has 1 fully saturated rings. The van der Waals surface area contributed by atoms with E-state index in [1.54, 1.807) is 11.3 Å². The topological polar surface area (TPSA) is 57.7 Å². The normalized spacial score (nSPS) is 14.9. The highest BCUT2D eigenvalue weighted by atomic mass is 32.1. The molecule has 3 aromatic rings. The van der Waals surface area contributed by atoms with Gasteiger partial charge in [0.2, 0.25) is 5.91 Å². The van der Waals surface area contributed by atoms with Crippen LogP contribution in [0, 0.1) is 5.92 Å². The number of piperazine rings is 1. The van der Waals surface area contributed by atoms with Crippen molar-refractivity contribution in [2.75, 3.05) is 45.2 Å². The van der Waals surface area contributed by atoms with Crippen LogP contribution in [-0.4, -0.2) is 60.5 Å². The standard InChI is InChI=1S/C27H34N4O2S/c1-20(2)18-33-25-10-8-23(9-11-25)28-26(32)16-24-19-34-27(29-24)22-6-4-21(5-7-22)17-31-14-12-30(3)13-15-31/h4-11,19-20H,12-18H2,1-3H3,(H,28,32). The molecular weight excluding hydrogens is 444 g/mol. The minimum Gasteiger partial charge on any atom is -0.493 e. The van der Waals surface area contributed by atoms with Crippen molar-refractivity contribution in [2.45, 2.75) is 26.8 Å². The van der Waals surface area contributed by atoms with Crippen molar-refractivity contribution in [3.05, 3.63) is 65.2 Å². The van der Waals surface area contributed by atoms with Gasteiger partial charge in [-0.05, 0) is 42.8 Å². The van der Waals surface area contributed by atoms with Gasteiger partial charge in [-0.25, -0.2) is 4.98 Å². The number of nitrogens with one attached hydrogen (secondary N) is 1. The second kappa shape index (κ2) is 11.6. The molecule has 34 heavy (non-hydrogen) atoms. The molecule has 0 radical (unpaired) electrons. The van der Waals surface area contributed by atoms with Crippen LogP contribution >= 0.6 is 11.3 Å². The number of nitrogens with zero attached hydrogens (tertiary/aromatic N) is 3. The summed E-state index contributed by atoms with van der Waals surface area (Å²) in [4.78, 5) is 22.1. The van der Waals surface area contributed by atoms with Gasteiger partial charge >= 0.3 is 0 Å². The first-order valence-electron chi connectivity index (χ1n) is 11.9. The Hall–Kier alpha value is -2.74. The van der Waals surface area contributed by atoms with E-state index in [4.69, 9.17) is 9.72 Å². The summed E-state index contributed by atoms with van der Waals surface area (Å²) in [5.41, 5.74) is 3.96. The van der Waals surface area contributed by atoms with Crippen LogP contribution in [0.1, 0.15) is 25.1 Å². The van der Waals surface area contributed by atoms with E-state index in [0.717, 1.165) is 60.4 Å². The Kier molecular flexibility index (Phi) is 8.32. The van der Waals surface area contributed by atoms with E-state index < -0.39 is 0 Å². The third-order valence-corrected chi connectivity index (χ3v) is 6.76. The number of hydrogen-bond donors (Lipinski definition) is 1. The summed E-state index contributed by atoms with van der Waals surface area (Å²) in [6.45, 7) is 10.4. The number of carbonyl (C=O) groups is 1. The third kappa shape index (κ3) is 7.13. The zero-order chi connectivity index (χ0) is 23.9. The molecule has 2 aromatic carbocycles. The molecule has 0 unspecified atom stereocenters. The molecule has 0 saturated carbocycles. The van der Waals surface area contributed by atoms with E-state index in [2.05, 4.69) is 60.3 Å². The lowest BCUT2D eigenvalue weighted by molar-refractivity contribution is -0.115. The Morgan fingerprint density at radius 3 is 2.44 bits per heavy atom.